The molecule has 0 spiro atoms. The van der Waals surface area contributed by atoms with Crippen LogP contribution in [0.4, 0.5) is 4.79 Å². The fourth-order valence-electron chi connectivity index (χ4n) is 8.85. The topological polar surface area (TPSA) is 150 Å². The molecule has 0 saturated carbocycles. The molecule has 4 aliphatic rings. The number of aliphatic hydroxyl groups excluding tert-OH is 1. The SMILES string of the molecule is CCN[C@@H]1c2onc(OCc3ccccc3)c2C(=O)C2(O[Si](C)(C)C(C)(C)C)C(O)=C3C(=O)c4c(cc(C5CCCN5C)cc4OC(=O)OC(C)(C)C)C[C@H]3C[C@@H]12. The van der Waals surface area contributed by atoms with Crippen LogP contribution in [0, 0.1) is 11.8 Å². The standard InChI is InChI=1S/C44H57N3O9Si/c1-11-45-35-29-22-28-21-27-20-26(30-18-15-19-47(30)8)23-31(53-41(51)54-42(2,3)4)32(27)36(48)33(28)38(49)44(29,56-57(9,10)43(5,6)7)39(50)34-37(35)55-46-40(34)52-24-25-16-13-12-14-17-25/h12-14,16-17,20,23,28-30,35,45,49H,11,15,18-19,21-22,24H2,1-10H3/t28-,29-,30?,35-,44?/m0/s1. The van der Waals surface area contributed by atoms with E-state index in [2.05, 4.69) is 43.2 Å². The van der Waals surface area contributed by atoms with Gasteiger partial charge in [0.1, 0.15) is 29.3 Å². The maximum atomic E-state index is 15.5. The third kappa shape index (κ3) is 7.25. The second-order valence-electron chi connectivity index (χ2n) is 18.6. The van der Waals surface area contributed by atoms with Gasteiger partial charge in [-0.25, -0.2) is 4.79 Å². The van der Waals surface area contributed by atoms with Gasteiger partial charge in [0.15, 0.2) is 25.5 Å². The Morgan fingerprint density at radius 1 is 1.09 bits per heavy atom. The fraction of sp³-hybridized carbons (Fsp3) is 0.545. The van der Waals surface area contributed by atoms with E-state index in [-0.39, 0.29) is 46.0 Å². The Balaban J connectivity index is 1.41. The zero-order valence-corrected chi connectivity index (χ0v) is 35.9. The molecule has 5 atom stereocenters. The first-order valence-corrected chi connectivity index (χ1v) is 23.1. The molecule has 3 aromatic rings. The molecule has 1 saturated heterocycles. The molecule has 3 aliphatic carbocycles. The van der Waals surface area contributed by atoms with Crippen LogP contribution in [0.15, 0.2) is 58.3 Å². The molecule has 57 heavy (non-hydrogen) atoms. The Bertz CT molecular complexity index is 2100. The number of allylic oxidation sites excluding steroid dienone is 1. The molecular formula is C44H57N3O9Si. The molecule has 7 rings (SSSR count). The highest BCUT2D eigenvalue weighted by Gasteiger charge is 2.67. The highest BCUT2D eigenvalue weighted by molar-refractivity contribution is 6.74. The van der Waals surface area contributed by atoms with E-state index >= 15 is 9.59 Å². The van der Waals surface area contributed by atoms with Crippen molar-refractivity contribution in [3.8, 4) is 11.6 Å². The van der Waals surface area contributed by atoms with Crippen LogP contribution in [0.3, 0.4) is 0 Å². The molecule has 2 unspecified atom stereocenters. The molecule has 2 heterocycles. The molecule has 306 valence electrons. The summed E-state index contributed by atoms with van der Waals surface area (Å²) < 4.78 is 30.9. The average Bonchev–Trinajstić information content (AvgIpc) is 3.75. The Hall–Kier alpha value is -4.30. The zero-order valence-electron chi connectivity index (χ0n) is 34.9. The van der Waals surface area contributed by atoms with Crippen LogP contribution in [0.1, 0.15) is 123 Å². The van der Waals surface area contributed by atoms with Gasteiger partial charge in [-0.3, -0.25) is 14.5 Å². The predicted molar refractivity (Wildman–Crippen MR) is 216 cm³/mol. The lowest BCUT2D eigenvalue weighted by Gasteiger charge is -2.54. The van der Waals surface area contributed by atoms with Crippen molar-refractivity contribution in [2.45, 2.75) is 122 Å². The number of nitrogens with zero attached hydrogens (tertiary/aromatic N) is 2. The quantitative estimate of drug-likeness (QED) is 0.121. The number of hydrogen-bond donors (Lipinski definition) is 2. The van der Waals surface area contributed by atoms with Crippen molar-refractivity contribution < 1.29 is 42.6 Å². The number of Topliss-reactive ketones (excluding diaryl/α,β-unsaturated/α-hetero) is 2. The van der Waals surface area contributed by atoms with Crippen molar-refractivity contribution in [2.24, 2.45) is 11.8 Å². The summed E-state index contributed by atoms with van der Waals surface area (Å²) in [7, 11) is -0.842. The van der Waals surface area contributed by atoms with Crippen LogP contribution < -0.4 is 14.8 Å². The number of ether oxygens (including phenoxy) is 3. The van der Waals surface area contributed by atoms with Crippen molar-refractivity contribution in [1.29, 1.82) is 0 Å². The number of carbonyl (C=O) groups is 3. The lowest BCUT2D eigenvalue weighted by molar-refractivity contribution is -0.0321. The summed E-state index contributed by atoms with van der Waals surface area (Å²) >= 11 is 0. The van der Waals surface area contributed by atoms with Crippen LogP contribution in [-0.4, -0.2) is 72.5 Å². The molecule has 12 nitrogen and oxygen atoms in total. The molecule has 2 N–H and O–H groups in total. The predicted octanol–water partition coefficient (Wildman–Crippen LogP) is 8.83. The number of hydrogen-bond acceptors (Lipinski definition) is 12. The van der Waals surface area contributed by atoms with Gasteiger partial charge >= 0.3 is 6.16 Å². The van der Waals surface area contributed by atoms with Crippen LogP contribution in [0.2, 0.25) is 18.1 Å². The smallest absolute Gasteiger partial charge is 0.508 e. The number of ketones is 2. The van der Waals surface area contributed by atoms with E-state index in [1.807, 2.05) is 56.4 Å². The minimum Gasteiger partial charge on any atom is -0.508 e. The van der Waals surface area contributed by atoms with Gasteiger partial charge in [-0.2, -0.15) is 0 Å². The van der Waals surface area contributed by atoms with Gasteiger partial charge in [-0.05, 0) is 119 Å². The monoisotopic (exact) mass is 799 g/mol. The molecule has 1 fully saturated rings. The minimum absolute atomic E-state index is 0.00360. The zero-order chi connectivity index (χ0) is 41.2. The first-order valence-electron chi connectivity index (χ1n) is 20.2. The highest BCUT2D eigenvalue weighted by Crippen LogP contribution is 2.59. The summed E-state index contributed by atoms with van der Waals surface area (Å²) in [4.78, 5) is 46.2. The largest absolute Gasteiger partial charge is 0.514 e. The summed E-state index contributed by atoms with van der Waals surface area (Å²) in [6.07, 6.45) is 1.68. The number of benzene rings is 2. The third-order valence-electron chi connectivity index (χ3n) is 12.5. The molecule has 0 amide bonds. The number of likely N-dealkylation sites (tertiary alicyclic amines) is 1. The number of rotatable bonds is 9. The number of fused-ring (bicyclic) bond motifs is 4. The fourth-order valence-corrected chi connectivity index (χ4v) is 10.3. The number of aromatic nitrogens is 1. The molecule has 0 bridgehead atoms. The van der Waals surface area contributed by atoms with Crippen molar-refractivity contribution in [1.82, 2.24) is 15.4 Å². The van der Waals surface area contributed by atoms with Crippen LogP contribution in [0.25, 0.3) is 0 Å². The molecule has 13 heteroatoms. The van der Waals surface area contributed by atoms with Crippen molar-refractivity contribution >= 4 is 26.0 Å². The second kappa shape index (κ2) is 14.8. The van der Waals surface area contributed by atoms with E-state index in [0.29, 0.717) is 25.1 Å². The first kappa shape index (κ1) is 40.9. The normalized spacial score (nSPS) is 25.1. The summed E-state index contributed by atoms with van der Waals surface area (Å²) in [6, 6.07) is 12.8. The van der Waals surface area contributed by atoms with Crippen LogP contribution in [-0.2, 0) is 22.2 Å². The molecule has 1 aliphatic heterocycles. The average molecular weight is 800 g/mol. The Kier molecular flexibility index (Phi) is 10.6. The van der Waals surface area contributed by atoms with Crippen molar-refractivity contribution in [3.05, 3.63) is 87.4 Å². The Morgan fingerprint density at radius 3 is 2.44 bits per heavy atom. The third-order valence-corrected chi connectivity index (χ3v) is 17.0. The summed E-state index contributed by atoms with van der Waals surface area (Å²) in [5, 5.41) is 20.4. The number of carbonyl (C=O) groups excluding carboxylic acids is 3. The van der Waals surface area contributed by atoms with Gasteiger partial charge in [0, 0.05) is 17.5 Å². The Morgan fingerprint density at radius 2 is 1.81 bits per heavy atom. The molecule has 2 aromatic carbocycles. The van der Waals surface area contributed by atoms with Crippen molar-refractivity contribution in [3.63, 3.8) is 0 Å². The van der Waals surface area contributed by atoms with Gasteiger partial charge in [-0.15, -0.1) is 0 Å². The van der Waals surface area contributed by atoms with Gasteiger partial charge in [0.05, 0.1) is 11.6 Å². The highest BCUT2D eigenvalue weighted by atomic mass is 28.4. The van der Waals surface area contributed by atoms with Crippen molar-refractivity contribution in [2.75, 3.05) is 20.1 Å². The van der Waals surface area contributed by atoms with Gasteiger partial charge in [0.2, 0.25) is 5.78 Å². The molecular weight excluding hydrogens is 743 g/mol. The molecule has 0 radical (unpaired) electrons. The van der Waals surface area contributed by atoms with E-state index in [9.17, 15) is 9.90 Å². The minimum atomic E-state index is -2.91. The maximum Gasteiger partial charge on any atom is 0.514 e. The summed E-state index contributed by atoms with van der Waals surface area (Å²) in [5.41, 5.74) is 0.0649. The second-order valence-corrected chi connectivity index (χ2v) is 23.3. The Labute approximate surface area is 336 Å². The van der Waals surface area contributed by atoms with Crippen LogP contribution >= 0.6 is 0 Å². The van der Waals surface area contributed by atoms with E-state index in [0.717, 1.165) is 36.1 Å². The van der Waals surface area contributed by atoms with Gasteiger partial charge in [-0.1, -0.05) is 64.1 Å². The van der Waals surface area contributed by atoms with E-state index in [1.54, 1.807) is 26.8 Å². The lowest BCUT2D eigenvalue weighted by atomic mass is 9.58. The summed E-state index contributed by atoms with van der Waals surface area (Å²) in [6.45, 7) is 19.0. The van der Waals surface area contributed by atoms with Crippen LogP contribution in [0.5, 0.6) is 11.6 Å². The number of aliphatic hydroxyl groups is 1. The maximum absolute atomic E-state index is 15.5. The lowest BCUT2D eigenvalue weighted by Crippen LogP contribution is -2.65. The van der Waals surface area contributed by atoms with E-state index in [4.69, 9.17) is 23.2 Å². The summed E-state index contributed by atoms with van der Waals surface area (Å²) in [5.74, 6) is -2.25. The molecule has 1 aromatic heterocycles. The first-order chi connectivity index (χ1) is 26.8. The van der Waals surface area contributed by atoms with E-state index in [1.165, 1.54) is 0 Å². The van der Waals surface area contributed by atoms with E-state index < -0.39 is 60.9 Å². The number of nitrogens with one attached hydrogen (secondary N) is 1. The van der Waals surface area contributed by atoms with Gasteiger partial charge in [0.25, 0.3) is 5.88 Å². The van der Waals surface area contributed by atoms with Gasteiger partial charge < -0.3 is 33.6 Å².